The molecule has 0 bridgehead atoms. The van der Waals surface area contributed by atoms with E-state index in [4.69, 9.17) is 0 Å². The quantitative estimate of drug-likeness (QED) is 0.503. The number of hydrogen-bond donors (Lipinski definition) is 3. The zero-order valence-corrected chi connectivity index (χ0v) is 8.71. The molecule has 5 heteroatoms. The van der Waals surface area contributed by atoms with Crippen molar-refractivity contribution in [1.82, 2.24) is 16.0 Å². The third-order valence-corrected chi connectivity index (χ3v) is 2.82. The molecular formula is C10H17N3O2. The monoisotopic (exact) mass is 211 g/mol. The Labute approximate surface area is 89.0 Å². The summed E-state index contributed by atoms with van der Waals surface area (Å²) in [7, 11) is 0. The largest absolute Gasteiger partial charge is 0.354 e. The predicted molar refractivity (Wildman–Crippen MR) is 55.1 cm³/mol. The fourth-order valence-electron chi connectivity index (χ4n) is 1.48. The molecule has 84 valence electrons. The highest BCUT2D eigenvalue weighted by Gasteiger charge is 2.29. The van der Waals surface area contributed by atoms with Gasteiger partial charge in [-0.25, -0.2) is 0 Å². The molecule has 2 rings (SSSR count). The average Bonchev–Trinajstić information content (AvgIpc) is 2.91. The second kappa shape index (κ2) is 4.61. The predicted octanol–water partition coefficient (Wildman–Crippen LogP) is -1.15. The highest BCUT2D eigenvalue weighted by Crippen LogP contribution is 2.28. The molecule has 3 N–H and O–H groups in total. The van der Waals surface area contributed by atoms with E-state index in [-0.39, 0.29) is 23.7 Å². The lowest BCUT2D eigenvalue weighted by Gasteiger charge is -2.25. The van der Waals surface area contributed by atoms with Gasteiger partial charge in [-0.15, -0.1) is 0 Å². The van der Waals surface area contributed by atoms with Crippen LogP contribution in [0.1, 0.15) is 12.8 Å². The van der Waals surface area contributed by atoms with Crippen LogP contribution in [-0.2, 0) is 9.59 Å². The summed E-state index contributed by atoms with van der Waals surface area (Å²) >= 11 is 0. The molecule has 1 aliphatic heterocycles. The van der Waals surface area contributed by atoms with Crippen molar-refractivity contribution in [2.75, 3.05) is 26.2 Å². The van der Waals surface area contributed by atoms with E-state index in [0.717, 1.165) is 25.9 Å². The molecule has 1 heterocycles. The van der Waals surface area contributed by atoms with Crippen LogP contribution in [0, 0.1) is 11.8 Å². The van der Waals surface area contributed by atoms with Gasteiger partial charge in [-0.3, -0.25) is 9.59 Å². The van der Waals surface area contributed by atoms with E-state index >= 15 is 0 Å². The summed E-state index contributed by atoms with van der Waals surface area (Å²) in [5.74, 6) is 0.602. The summed E-state index contributed by atoms with van der Waals surface area (Å²) < 4.78 is 0. The molecule has 1 aliphatic carbocycles. The fraction of sp³-hybridized carbons (Fsp3) is 0.800. The van der Waals surface area contributed by atoms with Crippen LogP contribution in [0.3, 0.4) is 0 Å². The van der Waals surface area contributed by atoms with Gasteiger partial charge in [-0.05, 0) is 12.8 Å². The first-order valence-corrected chi connectivity index (χ1v) is 5.53. The number of amides is 2. The number of carbonyl (C=O) groups is 2. The summed E-state index contributed by atoms with van der Waals surface area (Å²) in [6.07, 6.45) is 2.04. The van der Waals surface area contributed by atoms with Gasteiger partial charge in [0.25, 0.3) is 0 Å². The maximum absolute atomic E-state index is 11.4. The topological polar surface area (TPSA) is 70.2 Å². The third-order valence-electron chi connectivity index (χ3n) is 2.82. The maximum Gasteiger partial charge on any atom is 0.225 e. The van der Waals surface area contributed by atoms with Gasteiger partial charge in [-0.2, -0.15) is 0 Å². The van der Waals surface area contributed by atoms with Crippen LogP contribution >= 0.6 is 0 Å². The van der Waals surface area contributed by atoms with E-state index in [0.29, 0.717) is 13.1 Å². The first-order valence-electron chi connectivity index (χ1n) is 5.53. The first-order chi connectivity index (χ1) is 7.27. The zero-order chi connectivity index (χ0) is 10.7. The molecule has 15 heavy (non-hydrogen) atoms. The minimum absolute atomic E-state index is 0.0921. The SMILES string of the molecule is O=C(NCCNC(=O)C1CNC1)C1CC1. The van der Waals surface area contributed by atoms with Gasteiger partial charge in [0.1, 0.15) is 0 Å². The molecule has 5 nitrogen and oxygen atoms in total. The van der Waals surface area contributed by atoms with Gasteiger partial charge in [0.2, 0.25) is 11.8 Å². The Morgan fingerprint density at radius 1 is 1.00 bits per heavy atom. The summed E-state index contributed by atoms with van der Waals surface area (Å²) in [6.45, 7) is 2.63. The molecule has 1 saturated carbocycles. The van der Waals surface area contributed by atoms with E-state index in [1.54, 1.807) is 0 Å². The van der Waals surface area contributed by atoms with E-state index in [2.05, 4.69) is 16.0 Å². The molecular weight excluding hydrogens is 194 g/mol. The number of hydrogen-bond acceptors (Lipinski definition) is 3. The zero-order valence-electron chi connectivity index (χ0n) is 8.71. The van der Waals surface area contributed by atoms with Crippen molar-refractivity contribution in [3.63, 3.8) is 0 Å². The number of carbonyl (C=O) groups excluding carboxylic acids is 2. The van der Waals surface area contributed by atoms with Crippen molar-refractivity contribution < 1.29 is 9.59 Å². The lowest BCUT2D eigenvalue weighted by Crippen LogP contribution is -2.51. The van der Waals surface area contributed by atoms with Crippen LogP contribution in [-0.4, -0.2) is 38.0 Å². The lowest BCUT2D eigenvalue weighted by molar-refractivity contribution is -0.127. The average molecular weight is 211 g/mol. The van der Waals surface area contributed by atoms with Gasteiger partial charge < -0.3 is 16.0 Å². The van der Waals surface area contributed by atoms with Crippen molar-refractivity contribution in [3.05, 3.63) is 0 Å². The maximum atomic E-state index is 11.4. The van der Waals surface area contributed by atoms with Crippen LogP contribution in [0.4, 0.5) is 0 Å². The highest BCUT2D eigenvalue weighted by molar-refractivity contribution is 5.81. The normalized spacial score (nSPS) is 20.5. The Morgan fingerprint density at radius 3 is 1.93 bits per heavy atom. The second-order valence-corrected chi connectivity index (χ2v) is 4.21. The van der Waals surface area contributed by atoms with Crippen molar-refractivity contribution in [3.8, 4) is 0 Å². The Balaban J connectivity index is 1.50. The molecule has 0 aromatic rings. The first kappa shape index (κ1) is 10.4. The fourth-order valence-corrected chi connectivity index (χ4v) is 1.48. The van der Waals surface area contributed by atoms with Crippen LogP contribution in [0.5, 0.6) is 0 Å². The van der Waals surface area contributed by atoms with Gasteiger partial charge >= 0.3 is 0 Å². The Bertz CT molecular complexity index is 259. The molecule has 0 atom stereocenters. The number of rotatable bonds is 5. The molecule has 2 fully saturated rings. The van der Waals surface area contributed by atoms with Gasteiger partial charge in [0, 0.05) is 32.1 Å². The Kier molecular flexibility index (Phi) is 3.20. The van der Waals surface area contributed by atoms with Crippen LogP contribution in [0.15, 0.2) is 0 Å². The molecule has 0 aromatic carbocycles. The summed E-state index contributed by atoms with van der Waals surface area (Å²) in [5, 5.41) is 8.65. The molecule has 0 aromatic heterocycles. The van der Waals surface area contributed by atoms with E-state index in [1.807, 2.05) is 0 Å². The lowest BCUT2D eigenvalue weighted by atomic mass is 10.0. The Morgan fingerprint density at radius 2 is 1.53 bits per heavy atom. The smallest absolute Gasteiger partial charge is 0.225 e. The summed E-state index contributed by atoms with van der Waals surface area (Å²) in [5.41, 5.74) is 0. The minimum Gasteiger partial charge on any atom is -0.354 e. The van der Waals surface area contributed by atoms with Crippen LogP contribution in [0.25, 0.3) is 0 Å². The molecule has 2 aliphatic rings. The molecule has 1 saturated heterocycles. The van der Waals surface area contributed by atoms with E-state index < -0.39 is 0 Å². The number of nitrogens with one attached hydrogen (secondary N) is 3. The minimum atomic E-state index is 0.0921. The van der Waals surface area contributed by atoms with Crippen molar-refractivity contribution in [1.29, 1.82) is 0 Å². The van der Waals surface area contributed by atoms with Gasteiger partial charge in [0.05, 0.1) is 5.92 Å². The van der Waals surface area contributed by atoms with Gasteiger partial charge in [0.15, 0.2) is 0 Å². The van der Waals surface area contributed by atoms with Crippen LogP contribution < -0.4 is 16.0 Å². The molecule has 2 amide bonds. The summed E-state index contributed by atoms with van der Waals surface area (Å²) in [4.78, 5) is 22.6. The Hall–Kier alpha value is -1.10. The van der Waals surface area contributed by atoms with Crippen molar-refractivity contribution in [2.24, 2.45) is 11.8 Å². The van der Waals surface area contributed by atoms with Gasteiger partial charge in [-0.1, -0.05) is 0 Å². The van der Waals surface area contributed by atoms with E-state index in [9.17, 15) is 9.59 Å². The molecule has 0 unspecified atom stereocenters. The van der Waals surface area contributed by atoms with Crippen molar-refractivity contribution in [2.45, 2.75) is 12.8 Å². The molecule has 0 spiro atoms. The van der Waals surface area contributed by atoms with Crippen LogP contribution in [0.2, 0.25) is 0 Å². The summed E-state index contributed by atoms with van der Waals surface area (Å²) in [6, 6.07) is 0. The molecule has 0 radical (unpaired) electrons. The standard InChI is InChI=1S/C10H17N3O2/c14-9(7-1-2-7)12-3-4-13-10(15)8-5-11-6-8/h7-8,11H,1-6H2,(H,12,14)(H,13,15). The van der Waals surface area contributed by atoms with Crippen molar-refractivity contribution >= 4 is 11.8 Å². The second-order valence-electron chi connectivity index (χ2n) is 4.21. The highest BCUT2D eigenvalue weighted by atomic mass is 16.2. The third kappa shape index (κ3) is 2.92. The van der Waals surface area contributed by atoms with E-state index in [1.165, 1.54) is 0 Å².